The van der Waals surface area contributed by atoms with Crippen molar-refractivity contribution in [1.82, 2.24) is 20.0 Å². The van der Waals surface area contributed by atoms with Crippen molar-refractivity contribution in [3.8, 4) is 5.88 Å². The van der Waals surface area contributed by atoms with Gasteiger partial charge in [-0.05, 0) is 19.4 Å². The molecule has 0 aromatic carbocycles. The molecule has 8 heteroatoms. The summed E-state index contributed by atoms with van der Waals surface area (Å²) in [5.74, 6) is 1.45. The molecule has 2 aromatic heterocycles. The highest BCUT2D eigenvalue weighted by atomic mass is 35.5. The summed E-state index contributed by atoms with van der Waals surface area (Å²) in [6.07, 6.45) is 2.27. The first-order valence-corrected chi connectivity index (χ1v) is 7.25. The second-order valence-corrected chi connectivity index (χ2v) is 5.54. The highest BCUT2D eigenvalue weighted by molar-refractivity contribution is 6.32. The highest BCUT2D eigenvalue weighted by Crippen LogP contribution is 2.28. The van der Waals surface area contributed by atoms with Crippen LogP contribution in [0, 0.1) is 6.92 Å². The van der Waals surface area contributed by atoms with Crippen LogP contribution in [0.2, 0.25) is 5.02 Å². The van der Waals surface area contributed by atoms with E-state index in [0.29, 0.717) is 41.3 Å². The summed E-state index contributed by atoms with van der Waals surface area (Å²) in [4.78, 5) is 22.5. The molecule has 3 rings (SSSR count). The first-order chi connectivity index (χ1) is 10.6. The summed E-state index contributed by atoms with van der Waals surface area (Å²) in [5, 5.41) is 4.11. The van der Waals surface area contributed by atoms with Crippen LogP contribution >= 0.6 is 11.6 Å². The molecule has 1 atom stereocenters. The third-order valence-corrected chi connectivity index (χ3v) is 3.89. The largest absolute Gasteiger partial charge is 0.480 e. The summed E-state index contributed by atoms with van der Waals surface area (Å²) < 4.78 is 10.2. The minimum atomic E-state index is -0.115. The smallest absolute Gasteiger partial charge is 0.255 e. The minimum Gasteiger partial charge on any atom is -0.480 e. The molecule has 0 N–H and O–H groups in total. The number of hydrogen-bond donors (Lipinski definition) is 0. The second kappa shape index (κ2) is 5.92. The zero-order chi connectivity index (χ0) is 15.7. The fraction of sp³-hybridized carbons (Fsp3) is 0.429. The molecule has 22 heavy (non-hydrogen) atoms. The molecule has 0 aliphatic carbocycles. The highest BCUT2D eigenvalue weighted by Gasteiger charge is 2.31. The molecular weight excluding hydrogens is 308 g/mol. The van der Waals surface area contributed by atoms with Crippen LogP contribution in [-0.2, 0) is 0 Å². The molecule has 1 saturated heterocycles. The van der Waals surface area contributed by atoms with Crippen molar-refractivity contribution in [3.63, 3.8) is 0 Å². The Morgan fingerprint density at radius 2 is 2.36 bits per heavy atom. The molecule has 2 aromatic rings. The van der Waals surface area contributed by atoms with Crippen LogP contribution in [0.25, 0.3) is 0 Å². The maximum absolute atomic E-state index is 12.5. The summed E-state index contributed by atoms with van der Waals surface area (Å²) in [6.45, 7) is 2.95. The zero-order valence-corrected chi connectivity index (χ0v) is 13.0. The van der Waals surface area contributed by atoms with E-state index in [1.165, 1.54) is 13.3 Å². The van der Waals surface area contributed by atoms with Gasteiger partial charge >= 0.3 is 0 Å². The number of rotatable bonds is 3. The van der Waals surface area contributed by atoms with E-state index >= 15 is 0 Å². The lowest BCUT2D eigenvalue weighted by Gasteiger charge is -2.16. The van der Waals surface area contributed by atoms with Gasteiger partial charge in [0.05, 0.1) is 18.6 Å². The lowest BCUT2D eigenvalue weighted by atomic mass is 10.1. The van der Waals surface area contributed by atoms with Crippen LogP contribution < -0.4 is 4.74 Å². The Morgan fingerprint density at radius 3 is 3.00 bits per heavy atom. The first-order valence-electron chi connectivity index (χ1n) is 6.87. The average Bonchev–Trinajstić information content (AvgIpc) is 3.15. The topological polar surface area (TPSA) is 81.4 Å². The van der Waals surface area contributed by atoms with Crippen molar-refractivity contribution < 1.29 is 14.1 Å². The average molecular weight is 323 g/mol. The van der Waals surface area contributed by atoms with Crippen molar-refractivity contribution in [2.45, 2.75) is 19.3 Å². The molecule has 116 valence electrons. The molecular formula is C14H15ClN4O3. The van der Waals surface area contributed by atoms with Crippen molar-refractivity contribution in [2.24, 2.45) is 0 Å². The van der Waals surface area contributed by atoms with E-state index in [-0.39, 0.29) is 11.8 Å². The number of hydrogen-bond acceptors (Lipinski definition) is 6. The molecule has 1 fully saturated rings. The maximum atomic E-state index is 12.5. The van der Waals surface area contributed by atoms with Gasteiger partial charge in [0.25, 0.3) is 5.91 Å². The fourth-order valence-corrected chi connectivity index (χ4v) is 2.74. The summed E-state index contributed by atoms with van der Waals surface area (Å²) in [5.41, 5.74) is 0.438. The van der Waals surface area contributed by atoms with Crippen molar-refractivity contribution in [1.29, 1.82) is 0 Å². The lowest BCUT2D eigenvalue weighted by molar-refractivity contribution is 0.0789. The molecule has 0 saturated carbocycles. The van der Waals surface area contributed by atoms with Gasteiger partial charge in [-0.15, -0.1) is 0 Å². The molecule has 0 unspecified atom stereocenters. The number of carbonyl (C=O) groups excluding carboxylic acids is 1. The summed E-state index contributed by atoms with van der Waals surface area (Å²) >= 11 is 6.02. The number of amides is 1. The minimum absolute atomic E-state index is 0.0758. The van der Waals surface area contributed by atoms with E-state index in [2.05, 4.69) is 15.1 Å². The van der Waals surface area contributed by atoms with Crippen LogP contribution in [0.5, 0.6) is 5.88 Å². The third-order valence-electron chi connectivity index (χ3n) is 3.62. The first kappa shape index (κ1) is 14.8. The quantitative estimate of drug-likeness (QED) is 0.860. The van der Waals surface area contributed by atoms with E-state index in [4.69, 9.17) is 20.9 Å². The maximum Gasteiger partial charge on any atom is 0.255 e. The Hall–Kier alpha value is -2.15. The second-order valence-electron chi connectivity index (χ2n) is 5.13. The van der Waals surface area contributed by atoms with E-state index in [9.17, 15) is 4.79 Å². The predicted molar refractivity (Wildman–Crippen MR) is 78.1 cm³/mol. The van der Waals surface area contributed by atoms with Gasteiger partial charge in [0.2, 0.25) is 11.8 Å². The van der Waals surface area contributed by atoms with Crippen LogP contribution in [0.15, 0.2) is 16.8 Å². The van der Waals surface area contributed by atoms with Crippen molar-refractivity contribution >= 4 is 17.5 Å². The Kier molecular flexibility index (Phi) is 3.98. The number of carbonyl (C=O) groups is 1. The number of aryl methyl sites for hydroxylation is 1. The third kappa shape index (κ3) is 2.76. The van der Waals surface area contributed by atoms with Gasteiger partial charge in [-0.2, -0.15) is 4.98 Å². The van der Waals surface area contributed by atoms with Gasteiger partial charge < -0.3 is 14.2 Å². The number of pyridine rings is 1. The number of aromatic nitrogens is 3. The molecule has 0 bridgehead atoms. The van der Waals surface area contributed by atoms with Gasteiger partial charge in [0.1, 0.15) is 5.02 Å². The van der Waals surface area contributed by atoms with Crippen LogP contribution in [0.1, 0.15) is 34.4 Å². The monoisotopic (exact) mass is 322 g/mol. The van der Waals surface area contributed by atoms with Crippen LogP contribution in [-0.4, -0.2) is 46.1 Å². The molecule has 7 nitrogen and oxygen atoms in total. The fourth-order valence-electron chi connectivity index (χ4n) is 2.50. The van der Waals surface area contributed by atoms with E-state index in [1.807, 2.05) is 0 Å². The SMILES string of the molecule is COc1ncc(C(=O)N2CC[C@@H](c3nc(C)no3)C2)cc1Cl. The van der Waals surface area contributed by atoms with E-state index in [0.717, 1.165) is 6.42 Å². The molecule has 0 radical (unpaired) electrons. The molecule has 1 aliphatic heterocycles. The number of methoxy groups -OCH3 is 1. The molecule has 3 heterocycles. The number of ether oxygens (including phenoxy) is 1. The Balaban J connectivity index is 1.72. The van der Waals surface area contributed by atoms with Gasteiger partial charge in [-0.3, -0.25) is 4.79 Å². The number of likely N-dealkylation sites (tertiary alicyclic amines) is 1. The number of nitrogens with zero attached hydrogens (tertiary/aromatic N) is 4. The van der Waals surface area contributed by atoms with Crippen LogP contribution in [0.4, 0.5) is 0 Å². The summed E-state index contributed by atoms with van der Waals surface area (Å²) in [6, 6.07) is 1.57. The van der Waals surface area contributed by atoms with Crippen molar-refractivity contribution in [2.75, 3.05) is 20.2 Å². The van der Waals surface area contributed by atoms with Gasteiger partial charge in [0, 0.05) is 19.3 Å². The Bertz CT molecular complexity index is 703. The normalized spacial score (nSPS) is 17.8. The van der Waals surface area contributed by atoms with Crippen molar-refractivity contribution in [3.05, 3.63) is 34.6 Å². The van der Waals surface area contributed by atoms with E-state index < -0.39 is 0 Å². The van der Waals surface area contributed by atoms with Gasteiger partial charge in [-0.25, -0.2) is 4.98 Å². The van der Waals surface area contributed by atoms with Gasteiger partial charge in [0.15, 0.2) is 5.82 Å². The predicted octanol–water partition coefficient (Wildman–Crippen LogP) is 2.06. The lowest BCUT2D eigenvalue weighted by Crippen LogP contribution is -2.28. The Labute approximate surface area is 132 Å². The number of halogens is 1. The van der Waals surface area contributed by atoms with Crippen LogP contribution in [0.3, 0.4) is 0 Å². The Morgan fingerprint density at radius 1 is 1.55 bits per heavy atom. The molecule has 1 aliphatic rings. The van der Waals surface area contributed by atoms with E-state index in [1.54, 1.807) is 17.9 Å². The standard InChI is InChI=1S/C14H15ClN4O3/c1-8-17-12(22-18-8)9-3-4-19(7-9)14(20)10-5-11(15)13(21-2)16-6-10/h5-6,9H,3-4,7H2,1-2H3/t9-/m1/s1. The van der Waals surface area contributed by atoms with Gasteiger partial charge in [-0.1, -0.05) is 16.8 Å². The zero-order valence-electron chi connectivity index (χ0n) is 12.2. The summed E-state index contributed by atoms with van der Waals surface area (Å²) in [7, 11) is 1.48. The molecule has 0 spiro atoms. The molecule has 1 amide bonds.